The third-order valence-corrected chi connectivity index (χ3v) is 3.74. The largest absolute Gasteiger partial charge is 0.250 e. The minimum absolute atomic E-state index is 0.479. The summed E-state index contributed by atoms with van der Waals surface area (Å²) in [5.41, 5.74) is 0.851. The zero-order chi connectivity index (χ0) is 14.5. The highest BCUT2D eigenvalue weighted by atomic mass is 35.5. The first-order valence-corrected chi connectivity index (χ1v) is 7.44. The lowest BCUT2D eigenvalue weighted by Crippen LogP contribution is -1.99. The molecule has 0 saturated carbocycles. The molecule has 1 N–H and O–H groups in total. The fourth-order valence-corrected chi connectivity index (χ4v) is 2.16. The number of hydrogen-bond acceptors (Lipinski definition) is 3. The predicted molar refractivity (Wildman–Crippen MR) is 85.5 cm³/mol. The molecule has 2 rings (SSSR count). The molecule has 0 aliphatic rings. The summed E-state index contributed by atoms with van der Waals surface area (Å²) in [6, 6.07) is 5.33. The van der Waals surface area contributed by atoms with Crippen molar-refractivity contribution in [3.63, 3.8) is 0 Å². The van der Waals surface area contributed by atoms with Crippen LogP contribution in [0.5, 0.6) is 0 Å². The molecule has 1 aromatic heterocycles. The zero-order valence-corrected chi connectivity index (χ0v) is 13.3. The Morgan fingerprint density at radius 2 is 2.20 bits per heavy atom. The Kier molecular flexibility index (Phi) is 5.34. The van der Waals surface area contributed by atoms with Crippen molar-refractivity contribution in [2.45, 2.75) is 26.2 Å². The van der Waals surface area contributed by atoms with Gasteiger partial charge in [0.15, 0.2) is 5.82 Å². The fourth-order valence-electron chi connectivity index (χ4n) is 1.66. The van der Waals surface area contributed by atoms with Gasteiger partial charge in [-0.1, -0.05) is 42.6 Å². The van der Waals surface area contributed by atoms with Crippen LogP contribution in [-0.4, -0.2) is 21.1 Å². The van der Waals surface area contributed by atoms with Gasteiger partial charge >= 0.3 is 0 Å². The number of H-pyrrole nitrogens is 1. The standard InChI is InChI=1S/C13H14Cl2N4S/c1-2-3-4-12-17-18-13(20)19(12)16-8-9-5-6-10(14)11(15)7-9/h5-8H,2-4H2,1H3,(H,18,20)/b16-8+. The van der Waals surface area contributed by atoms with Gasteiger partial charge in [-0.25, -0.2) is 0 Å². The van der Waals surface area contributed by atoms with Crippen molar-refractivity contribution in [1.82, 2.24) is 14.9 Å². The lowest BCUT2D eigenvalue weighted by atomic mass is 10.2. The topological polar surface area (TPSA) is 46.0 Å². The van der Waals surface area contributed by atoms with Gasteiger partial charge in [0, 0.05) is 6.42 Å². The summed E-state index contributed by atoms with van der Waals surface area (Å²) in [7, 11) is 0. The number of aryl methyl sites for hydroxylation is 1. The van der Waals surface area contributed by atoms with Crippen LogP contribution in [0.3, 0.4) is 0 Å². The average molecular weight is 329 g/mol. The van der Waals surface area contributed by atoms with E-state index in [9.17, 15) is 0 Å². The Morgan fingerprint density at radius 3 is 2.90 bits per heavy atom. The van der Waals surface area contributed by atoms with E-state index in [0.717, 1.165) is 30.7 Å². The quantitative estimate of drug-likeness (QED) is 0.650. The van der Waals surface area contributed by atoms with Gasteiger partial charge in [-0.2, -0.15) is 14.9 Å². The maximum Gasteiger partial charge on any atom is 0.216 e. The van der Waals surface area contributed by atoms with E-state index in [0.29, 0.717) is 14.8 Å². The summed E-state index contributed by atoms with van der Waals surface area (Å²) >= 11 is 17.0. The smallest absolute Gasteiger partial charge is 0.216 e. The first-order valence-electron chi connectivity index (χ1n) is 6.27. The number of nitrogens with zero attached hydrogens (tertiary/aromatic N) is 3. The molecule has 0 saturated heterocycles. The predicted octanol–water partition coefficient (Wildman–Crippen LogP) is 4.47. The van der Waals surface area contributed by atoms with Crippen molar-refractivity contribution in [1.29, 1.82) is 0 Å². The van der Waals surface area contributed by atoms with Crippen molar-refractivity contribution in [2.24, 2.45) is 5.10 Å². The zero-order valence-electron chi connectivity index (χ0n) is 10.9. The minimum Gasteiger partial charge on any atom is -0.250 e. The molecule has 0 bridgehead atoms. The van der Waals surface area contributed by atoms with Crippen LogP contribution in [0.1, 0.15) is 31.2 Å². The monoisotopic (exact) mass is 328 g/mol. The van der Waals surface area contributed by atoms with Crippen LogP contribution < -0.4 is 0 Å². The summed E-state index contributed by atoms with van der Waals surface area (Å²) in [5.74, 6) is 0.827. The number of benzene rings is 1. The van der Waals surface area contributed by atoms with E-state index in [1.807, 2.05) is 6.07 Å². The number of unbranched alkanes of at least 4 members (excludes halogenated alkanes) is 1. The van der Waals surface area contributed by atoms with E-state index >= 15 is 0 Å². The van der Waals surface area contributed by atoms with Gasteiger partial charge in [0.1, 0.15) is 0 Å². The Labute approximate surface area is 132 Å². The molecule has 4 nitrogen and oxygen atoms in total. The number of aromatic nitrogens is 3. The first kappa shape index (κ1) is 15.2. The molecule has 0 aliphatic carbocycles. The Morgan fingerprint density at radius 1 is 1.40 bits per heavy atom. The molecule has 0 fully saturated rings. The van der Waals surface area contributed by atoms with E-state index in [4.69, 9.17) is 35.4 Å². The second-order valence-corrected chi connectivity index (χ2v) is 5.48. The molecule has 0 spiro atoms. The Balaban J connectivity index is 2.24. The molecule has 7 heteroatoms. The third kappa shape index (κ3) is 3.69. The van der Waals surface area contributed by atoms with Crippen LogP contribution in [0, 0.1) is 4.77 Å². The summed E-state index contributed by atoms with van der Waals surface area (Å²) < 4.78 is 2.11. The average Bonchev–Trinajstić information content (AvgIpc) is 2.78. The van der Waals surface area contributed by atoms with Crippen LogP contribution in [0.25, 0.3) is 0 Å². The van der Waals surface area contributed by atoms with E-state index < -0.39 is 0 Å². The second-order valence-electron chi connectivity index (χ2n) is 4.28. The van der Waals surface area contributed by atoms with Gasteiger partial charge in [-0.05, 0) is 36.3 Å². The number of hydrogen-bond donors (Lipinski definition) is 1. The van der Waals surface area contributed by atoms with Crippen LogP contribution in [0.4, 0.5) is 0 Å². The second kappa shape index (κ2) is 7.02. The van der Waals surface area contributed by atoms with Crippen molar-refractivity contribution in [3.05, 3.63) is 44.4 Å². The van der Waals surface area contributed by atoms with Gasteiger partial charge in [0.05, 0.1) is 16.3 Å². The summed E-state index contributed by atoms with van der Waals surface area (Å²) in [6.45, 7) is 2.13. The summed E-state index contributed by atoms with van der Waals surface area (Å²) in [5, 5.41) is 12.3. The van der Waals surface area contributed by atoms with Gasteiger partial charge in [-0.3, -0.25) is 5.10 Å². The van der Waals surface area contributed by atoms with Crippen molar-refractivity contribution < 1.29 is 0 Å². The normalized spacial score (nSPS) is 11.3. The van der Waals surface area contributed by atoms with Gasteiger partial charge < -0.3 is 0 Å². The minimum atomic E-state index is 0.479. The Bertz CT molecular complexity index is 675. The highest BCUT2D eigenvalue weighted by molar-refractivity contribution is 7.71. The van der Waals surface area contributed by atoms with Crippen molar-refractivity contribution >= 4 is 41.6 Å². The molecule has 0 amide bonds. The highest BCUT2D eigenvalue weighted by Gasteiger charge is 2.04. The Hall–Kier alpha value is -1.17. The molecular formula is C13H14Cl2N4S. The van der Waals surface area contributed by atoms with Crippen molar-refractivity contribution in [3.8, 4) is 0 Å². The molecular weight excluding hydrogens is 315 g/mol. The van der Waals surface area contributed by atoms with Gasteiger partial charge in [-0.15, -0.1) is 0 Å². The maximum atomic E-state index is 5.97. The molecule has 1 aromatic carbocycles. The third-order valence-electron chi connectivity index (χ3n) is 2.74. The SMILES string of the molecule is CCCCc1n[nH]c(=S)n1/N=C/c1ccc(Cl)c(Cl)c1. The van der Waals surface area contributed by atoms with E-state index in [-0.39, 0.29) is 0 Å². The lowest BCUT2D eigenvalue weighted by Gasteiger charge is -2.00. The van der Waals surface area contributed by atoms with Crippen LogP contribution in [0.15, 0.2) is 23.3 Å². The molecule has 0 unspecified atom stereocenters. The van der Waals surface area contributed by atoms with Crippen LogP contribution in [0.2, 0.25) is 10.0 Å². The number of nitrogens with one attached hydrogen (secondary N) is 1. The lowest BCUT2D eigenvalue weighted by molar-refractivity contribution is 0.700. The summed E-state index contributed by atoms with van der Waals surface area (Å²) in [6.07, 6.45) is 4.66. The molecule has 0 atom stereocenters. The number of aromatic amines is 1. The molecule has 20 heavy (non-hydrogen) atoms. The first-order chi connectivity index (χ1) is 9.61. The van der Waals surface area contributed by atoms with Crippen molar-refractivity contribution in [2.75, 3.05) is 0 Å². The van der Waals surface area contributed by atoms with Gasteiger partial charge in [0.2, 0.25) is 4.77 Å². The molecule has 2 aromatic rings. The highest BCUT2D eigenvalue weighted by Crippen LogP contribution is 2.21. The number of rotatable bonds is 5. The molecule has 1 heterocycles. The van der Waals surface area contributed by atoms with E-state index in [2.05, 4.69) is 22.2 Å². The van der Waals surface area contributed by atoms with Crippen LogP contribution >= 0.6 is 35.4 Å². The van der Waals surface area contributed by atoms with Crippen LogP contribution in [-0.2, 0) is 6.42 Å². The molecule has 0 aliphatic heterocycles. The van der Waals surface area contributed by atoms with Gasteiger partial charge in [0.25, 0.3) is 0 Å². The maximum absolute atomic E-state index is 5.97. The number of halogens is 2. The fraction of sp³-hybridized carbons (Fsp3) is 0.308. The molecule has 0 radical (unpaired) electrons. The molecule has 106 valence electrons. The van der Waals surface area contributed by atoms with E-state index in [1.54, 1.807) is 23.0 Å². The van der Waals surface area contributed by atoms with E-state index in [1.165, 1.54) is 0 Å². The summed E-state index contributed by atoms with van der Waals surface area (Å²) in [4.78, 5) is 0.